The van der Waals surface area contributed by atoms with Crippen LogP contribution < -0.4 is 5.32 Å². The van der Waals surface area contributed by atoms with Crippen molar-refractivity contribution in [2.24, 2.45) is 0 Å². The van der Waals surface area contributed by atoms with E-state index >= 15 is 0 Å². The normalized spacial score (nSPS) is 19.4. The zero-order valence-corrected chi connectivity index (χ0v) is 16.6. The van der Waals surface area contributed by atoms with Gasteiger partial charge in [-0.05, 0) is 60.9 Å². The zero-order valence-electron chi connectivity index (χ0n) is 16.6. The molecule has 0 radical (unpaired) electrons. The molecule has 0 bridgehead atoms. The van der Waals surface area contributed by atoms with Crippen molar-refractivity contribution in [3.05, 3.63) is 71.8 Å². The first-order chi connectivity index (χ1) is 13.5. The maximum absolute atomic E-state index is 12.6. The van der Waals surface area contributed by atoms with Crippen molar-refractivity contribution >= 4 is 23.6 Å². The van der Waals surface area contributed by atoms with Gasteiger partial charge in [0.15, 0.2) is 0 Å². The van der Waals surface area contributed by atoms with Gasteiger partial charge in [-0.1, -0.05) is 42.5 Å². The molecule has 1 saturated carbocycles. The van der Waals surface area contributed by atoms with Crippen molar-refractivity contribution in [1.82, 2.24) is 4.90 Å². The molecule has 2 aromatic rings. The largest absolute Gasteiger partial charge is 0.339 e. The van der Waals surface area contributed by atoms with Crippen LogP contribution in [-0.2, 0) is 9.59 Å². The smallest absolute Gasteiger partial charge is 0.246 e. The number of carbonyl (C=O) groups excluding carboxylic acids is 2. The van der Waals surface area contributed by atoms with Crippen LogP contribution >= 0.6 is 0 Å². The number of hydrogen-bond donors (Lipinski definition) is 1. The van der Waals surface area contributed by atoms with Crippen LogP contribution in [0.25, 0.3) is 6.08 Å². The Morgan fingerprint density at radius 3 is 2.21 bits per heavy atom. The minimum Gasteiger partial charge on any atom is -0.339 e. The highest BCUT2D eigenvalue weighted by molar-refractivity contribution is 5.92. The van der Waals surface area contributed by atoms with E-state index in [1.807, 2.05) is 42.3 Å². The summed E-state index contributed by atoms with van der Waals surface area (Å²) >= 11 is 0. The summed E-state index contributed by atoms with van der Waals surface area (Å²) in [5.41, 5.74) is 3.10. The molecular weight excluding hydrogens is 348 g/mol. The fourth-order valence-electron chi connectivity index (χ4n) is 3.87. The summed E-state index contributed by atoms with van der Waals surface area (Å²) in [5, 5.41) is 2.74. The lowest BCUT2D eigenvalue weighted by atomic mass is 9.81. The summed E-state index contributed by atoms with van der Waals surface area (Å²) in [5.74, 6) is 0.551. The first kappa shape index (κ1) is 19.9. The van der Waals surface area contributed by atoms with Gasteiger partial charge < -0.3 is 10.2 Å². The number of amides is 2. The monoisotopic (exact) mass is 376 g/mol. The van der Waals surface area contributed by atoms with E-state index in [0.717, 1.165) is 36.9 Å². The molecule has 0 unspecified atom stereocenters. The van der Waals surface area contributed by atoms with Gasteiger partial charge in [-0.2, -0.15) is 0 Å². The van der Waals surface area contributed by atoms with Crippen LogP contribution in [0.5, 0.6) is 0 Å². The average molecular weight is 377 g/mol. The van der Waals surface area contributed by atoms with Crippen LogP contribution in [0.1, 0.15) is 49.7 Å². The molecule has 0 atom stereocenters. The Hall–Kier alpha value is -2.88. The van der Waals surface area contributed by atoms with Crippen LogP contribution in [0.15, 0.2) is 60.7 Å². The lowest BCUT2D eigenvalue weighted by Crippen LogP contribution is -2.38. The Bertz CT molecular complexity index is 819. The van der Waals surface area contributed by atoms with Gasteiger partial charge in [-0.3, -0.25) is 9.59 Å². The molecule has 0 saturated heterocycles. The van der Waals surface area contributed by atoms with Crippen molar-refractivity contribution in [1.29, 1.82) is 0 Å². The molecule has 0 aliphatic heterocycles. The molecular formula is C24H28N2O2. The predicted molar refractivity (Wildman–Crippen MR) is 114 cm³/mol. The number of rotatable bonds is 5. The molecule has 2 amide bonds. The van der Waals surface area contributed by atoms with Gasteiger partial charge >= 0.3 is 0 Å². The summed E-state index contributed by atoms with van der Waals surface area (Å²) in [6, 6.07) is 18.4. The van der Waals surface area contributed by atoms with Crippen LogP contribution in [0.2, 0.25) is 0 Å². The van der Waals surface area contributed by atoms with E-state index in [1.165, 1.54) is 12.5 Å². The van der Waals surface area contributed by atoms with Crippen molar-refractivity contribution in [2.75, 3.05) is 12.4 Å². The minimum absolute atomic E-state index is 0.0362. The molecule has 1 fully saturated rings. The standard InChI is InChI=1S/C24H28N2O2/c1-18(27)25-22-13-8-19(9-14-22)10-17-24(28)26(2)23-15-11-21(12-16-23)20-6-4-3-5-7-20/h3-10,13-14,17,21,23H,11-12,15-16H2,1-2H3,(H,25,27). The highest BCUT2D eigenvalue weighted by Gasteiger charge is 2.26. The van der Waals surface area contributed by atoms with Crippen LogP contribution in [0, 0.1) is 0 Å². The Labute approximate surface area is 167 Å². The second-order valence-electron chi connectivity index (χ2n) is 7.50. The molecule has 1 aliphatic rings. The molecule has 3 rings (SSSR count). The quantitative estimate of drug-likeness (QED) is 0.759. The number of nitrogens with zero attached hydrogens (tertiary/aromatic N) is 1. The average Bonchev–Trinajstić information content (AvgIpc) is 2.73. The molecule has 1 aliphatic carbocycles. The highest BCUT2D eigenvalue weighted by Crippen LogP contribution is 2.34. The third kappa shape index (κ3) is 5.32. The van der Waals surface area contributed by atoms with Crippen molar-refractivity contribution in [2.45, 2.75) is 44.6 Å². The Balaban J connectivity index is 1.52. The number of carbonyl (C=O) groups is 2. The molecule has 1 N–H and O–H groups in total. The van der Waals surface area contributed by atoms with Gasteiger partial charge in [0.05, 0.1) is 0 Å². The maximum atomic E-state index is 12.6. The molecule has 0 spiro atoms. The maximum Gasteiger partial charge on any atom is 0.246 e. The Morgan fingerprint density at radius 1 is 0.964 bits per heavy atom. The topological polar surface area (TPSA) is 49.4 Å². The van der Waals surface area contributed by atoms with E-state index in [1.54, 1.807) is 6.08 Å². The van der Waals surface area contributed by atoms with Gasteiger partial charge in [-0.15, -0.1) is 0 Å². The number of nitrogens with one attached hydrogen (secondary N) is 1. The first-order valence-corrected chi connectivity index (χ1v) is 9.90. The third-order valence-electron chi connectivity index (χ3n) is 5.51. The van der Waals surface area contributed by atoms with Gasteiger partial charge in [0, 0.05) is 31.8 Å². The summed E-state index contributed by atoms with van der Waals surface area (Å²) in [6.45, 7) is 1.48. The molecule has 4 nitrogen and oxygen atoms in total. The van der Waals surface area contributed by atoms with E-state index in [2.05, 4.69) is 35.6 Å². The van der Waals surface area contributed by atoms with Gasteiger partial charge in [0.1, 0.15) is 0 Å². The molecule has 28 heavy (non-hydrogen) atoms. The summed E-state index contributed by atoms with van der Waals surface area (Å²) in [4.78, 5) is 25.5. The number of likely N-dealkylation sites (N-methyl/N-ethyl adjacent to an activating group) is 1. The second kappa shape index (κ2) is 9.36. The van der Waals surface area contributed by atoms with Gasteiger partial charge in [0.25, 0.3) is 0 Å². The van der Waals surface area contributed by atoms with Crippen molar-refractivity contribution in [3.63, 3.8) is 0 Å². The number of benzene rings is 2. The van der Waals surface area contributed by atoms with Gasteiger partial charge in [-0.25, -0.2) is 0 Å². The molecule has 146 valence electrons. The number of hydrogen-bond acceptors (Lipinski definition) is 2. The summed E-state index contributed by atoms with van der Waals surface area (Å²) in [6.07, 6.45) is 7.80. The Morgan fingerprint density at radius 2 is 1.61 bits per heavy atom. The number of anilines is 1. The van der Waals surface area contributed by atoms with E-state index in [9.17, 15) is 9.59 Å². The lowest BCUT2D eigenvalue weighted by molar-refractivity contribution is -0.127. The molecule has 2 aromatic carbocycles. The highest BCUT2D eigenvalue weighted by atomic mass is 16.2. The predicted octanol–water partition coefficient (Wildman–Crippen LogP) is 4.84. The van der Waals surface area contributed by atoms with Crippen LogP contribution in [0.3, 0.4) is 0 Å². The zero-order chi connectivity index (χ0) is 19.9. The third-order valence-corrected chi connectivity index (χ3v) is 5.51. The van der Waals surface area contributed by atoms with E-state index in [0.29, 0.717) is 12.0 Å². The SMILES string of the molecule is CC(=O)Nc1ccc(C=CC(=O)N(C)C2CCC(c3ccccc3)CC2)cc1. The molecule has 0 aromatic heterocycles. The van der Waals surface area contributed by atoms with Crippen LogP contribution in [0.4, 0.5) is 5.69 Å². The van der Waals surface area contributed by atoms with Crippen LogP contribution in [-0.4, -0.2) is 29.8 Å². The van der Waals surface area contributed by atoms with Crippen molar-refractivity contribution in [3.8, 4) is 0 Å². The van der Waals surface area contributed by atoms with E-state index in [4.69, 9.17) is 0 Å². The second-order valence-corrected chi connectivity index (χ2v) is 7.50. The fraction of sp³-hybridized carbons (Fsp3) is 0.333. The van der Waals surface area contributed by atoms with E-state index < -0.39 is 0 Å². The first-order valence-electron chi connectivity index (χ1n) is 9.90. The van der Waals surface area contributed by atoms with E-state index in [-0.39, 0.29) is 11.8 Å². The Kier molecular flexibility index (Phi) is 6.64. The van der Waals surface area contributed by atoms with Crippen molar-refractivity contribution < 1.29 is 9.59 Å². The minimum atomic E-state index is -0.0953. The molecule has 0 heterocycles. The lowest BCUT2D eigenvalue weighted by Gasteiger charge is -2.34. The summed E-state index contributed by atoms with van der Waals surface area (Å²) in [7, 11) is 1.90. The fourth-order valence-corrected chi connectivity index (χ4v) is 3.87. The van der Waals surface area contributed by atoms with Gasteiger partial charge in [0.2, 0.25) is 11.8 Å². The molecule has 4 heteroatoms. The summed E-state index contributed by atoms with van der Waals surface area (Å²) < 4.78 is 0.